The van der Waals surface area contributed by atoms with E-state index >= 15 is 0 Å². The summed E-state index contributed by atoms with van der Waals surface area (Å²) < 4.78 is 2.47. The molecule has 0 saturated carbocycles. The summed E-state index contributed by atoms with van der Waals surface area (Å²) in [6.45, 7) is 4.74. The highest BCUT2D eigenvalue weighted by atomic mass is 15.0. The average molecular weight is 562 g/mol. The van der Waals surface area contributed by atoms with E-state index in [0.29, 0.717) is 0 Å². The van der Waals surface area contributed by atoms with Crippen LogP contribution in [-0.4, -0.2) is 4.57 Å². The first-order valence-corrected chi connectivity index (χ1v) is 15.4. The van der Waals surface area contributed by atoms with Gasteiger partial charge in [-0.3, -0.25) is 0 Å². The lowest BCUT2D eigenvalue weighted by Crippen LogP contribution is -2.14. The predicted molar refractivity (Wildman–Crippen MR) is 187 cm³/mol. The van der Waals surface area contributed by atoms with Gasteiger partial charge in [0.2, 0.25) is 0 Å². The second-order valence-electron chi connectivity index (χ2n) is 12.6. The molecule has 0 atom stereocenters. The maximum absolute atomic E-state index is 2.49. The number of hydrogen-bond acceptors (Lipinski definition) is 0. The van der Waals surface area contributed by atoms with Crippen molar-refractivity contribution in [3.8, 4) is 39.1 Å². The molecule has 0 bridgehead atoms. The molecule has 1 heteroatoms. The van der Waals surface area contributed by atoms with Crippen molar-refractivity contribution in [3.63, 3.8) is 0 Å². The normalized spacial score (nSPS) is 13.4. The number of benzene rings is 7. The zero-order valence-corrected chi connectivity index (χ0v) is 24.9. The Morgan fingerprint density at radius 2 is 1.07 bits per heavy atom. The quantitative estimate of drug-likeness (QED) is 0.202. The molecular weight excluding hydrogens is 530 g/mol. The summed E-state index contributed by atoms with van der Waals surface area (Å²) in [6, 6.07) is 55.8. The lowest BCUT2D eigenvalue weighted by atomic mass is 9.81. The van der Waals surface area contributed by atoms with E-state index in [-0.39, 0.29) is 5.41 Å². The van der Waals surface area contributed by atoms with Crippen LogP contribution >= 0.6 is 0 Å². The summed E-state index contributed by atoms with van der Waals surface area (Å²) in [5.74, 6) is 0. The van der Waals surface area contributed by atoms with Crippen LogP contribution in [0.2, 0.25) is 0 Å². The number of aromatic nitrogens is 1. The van der Waals surface area contributed by atoms with Gasteiger partial charge in [0.15, 0.2) is 0 Å². The molecule has 0 saturated heterocycles. The zero-order chi connectivity index (χ0) is 29.4. The molecule has 1 aliphatic carbocycles. The number of rotatable bonds is 3. The van der Waals surface area contributed by atoms with E-state index in [1.165, 1.54) is 82.8 Å². The van der Waals surface area contributed by atoms with Crippen molar-refractivity contribution in [3.05, 3.63) is 163 Å². The van der Waals surface area contributed by atoms with Crippen LogP contribution in [0.15, 0.2) is 152 Å². The summed E-state index contributed by atoms with van der Waals surface area (Å²) in [5, 5.41) is 5.21. The highest BCUT2D eigenvalue weighted by Gasteiger charge is 2.35. The van der Waals surface area contributed by atoms with E-state index < -0.39 is 0 Å². The fraction of sp³-hybridized carbons (Fsp3) is 0.0698. The number of hydrogen-bond donors (Lipinski definition) is 0. The molecule has 0 spiro atoms. The van der Waals surface area contributed by atoms with E-state index in [2.05, 4.69) is 170 Å². The van der Waals surface area contributed by atoms with Gasteiger partial charge in [0.05, 0.1) is 11.0 Å². The molecule has 1 aliphatic rings. The fourth-order valence-corrected chi connectivity index (χ4v) is 7.60. The molecule has 44 heavy (non-hydrogen) atoms. The van der Waals surface area contributed by atoms with Gasteiger partial charge in [0.1, 0.15) is 0 Å². The maximum atomic E-state index is 2.49. The topological polar surface area (TPSA) is 4.93 Å². The molecule has 8 aromatic rings. The molecule has 0 aliphatic heterocycles. The monoisotopic (exact) mass is 561 g/mol. The van der Waals surface area contributed by atoms with E-state index in [9.17, 15) is 0 Å². The molecule has 0 amide bonds. The minimum Gasteiger partial charge on any atom is -0.309 e. The van der Waals surface area contributed by atoms with Gasteiger partial charge in [-0.15, -0.1) is 0 Å². The first-order chi connectivity index (χ1) is 21.6. The summed E-state index contributed by atoms with van der Waals surface area (Å²) in [7, 11) is 0. The molecule has 1 heterocycles. The van der Waals surface area contributed by atoms with Gasteiger partial charge in [-0.1, -0.05) is 123 Å². The van der Waals surface area contributed by atoms with Crippen molar-refractivity contribution in [1.82, 2.24) is 4.57 Å². The van der Waals surface area contributed by atoms with Crippen molar-refractivity contribution in [2.75, 3.05) is 0 Å². The molecule has 7 aromatic carbocycles. The van der Waals surface area contributed by atoms with Crippen LogP contribution in [-0.2, 0) is 5.41 Å². The van der Waals surface area contributed by atoms with Crippen molar-refractivity contribution < 1.29 is 0 Å². The van der Waals surface area contributed by atoms with Gasteiger partial charge in [-0.05, 0) is 97.7 Å². The van der Waals surface area contributed by atoms with Crippen LogP contribution in [0.25, 0.3) is 71.6 Å². The van der Waals surface area contributed by atoms with Gasteiger partial charge >= 0.3 is 0 Å². The summed E-state index contributed by atoms with van der Waals surface area (Å²) >= 11 is 0. The molecule has 9 rings (SSSR count). The van der Waals surface area contributed by atoms with E-state index in [1.807, 2.05) is 0 Å². The van der Waals surface area contributed by atoms with Crippen LogP contribution in [0.3, 0.4) is 0 Å². The Kier molecular flexibility index (Phi) is 5.31. The lowest BCUT2D eigenvalue weighted by molar-refractivity contribution is 0.661. The summed E-state index contributed by atoms with van der Waals surface area (Å²) in [4.78, 5) is 0. The van der Waals surface area contributed by atoms with Gasteiger partial charge in [-0.2, -0.15) is 0 Å². The molecular formula is C43H31N. The Morgan fingerprint density at radius 3 is 1.80 bits per heavy atom. The highest BCUT2D eigenvalue weighted by Crippen LogP contribution is 2.51. The van der Waals surface area contributed by atoms with E-state index in [4.69, 9.17) is 0 Å². The minimum absolute atomic E-state index is 0.0464. The van der Waals surface area contributed by atoms with Gasteiger partial charge in [-0.25, -0.2) is 0 Å². The highest BCUT2D eigenvalue weighted by molar-refractivity contribution is 6.22. The second kappa shape index (κ2) is 9.30. The fourth-order valence-electron chi connectivity index (χ4n) is 7.60. The van der Waals surface area contributed by atoms with Gasteiger partial charge < -0.3 is 4.57 Å². The molecule has 0 fully saturated rings. The summed E-state index contributed by atoms with van der Waals surface area (Å²) in [6.07, 6.45) is 0. The largest absolute Gasteiger partial charge is 0.309 e. The van der Waals surface area contributed by atoms with E-state index in [1.54, 1.807) is 0 Å². The molecule has 0 radical (unpaired) electrons. The lowest BCUT2D eigenvalue weighted by Gasteiger charge is -2.21. The van der Waals surface area contributed by atoms with Crippen molar-refractivity contribution in [1.29, 1.82) is 0 Å². The molecule has 1 nitrogen and oxygen atoms in total. The minimum atomic E-state index is -0.0464. The average Bonchev–Trinajstić information content (AvgIpc) is 3.53. The molecule has 208 valence electrons. The third-order valence-electron chi connectivity index (χ3n) is 9.75. The van der Waals surface area contributed by atoms with Crippen molar-refractivity contribution >= 4 is 32.6 Å². The van der Waals surface area contributed by atoms with Crippen molar-refractivity contribution in [2.45, 2.75) is 19.3 Å². The van der Waals surface area contributed by atoms with E-state index in [0.717, 1.165) is 0 Å². The maximum Gasteiger partial charge on any atom is 0.0547 e. The van der Waals surface area contributed by atoms with Crippen LogP contribution < -0.4 is 0 Å². The van der Waals surface area contributed by atoms with Crippen molar-refractivity contribution in [2.24, 2.45) is 0 Å². The third-order valence-corrected chi connectivity index (χ3v) is 9.75. The number of para-hydroxylation sites is 1. The summed E-state index contributed by atoms with van der Waals surface area (Å²) in [5.41, 5.74) is 14.0. The van der Waals surface area contributed by atoms with Crippen LogP contribution in [0, 0.1) is 0 Å². The molecule has 0 N–H and O–H groups in total. The predicted octanol–water partition coefficient (Wildman–Crippen LogP) is 11.6. The Bertz CT molecular complexity index is 2330. The Labute approximate surface area is 257 Å². The Morgan fingerprint density at radius 1 is 0.432 bits per heavy atom. The first kappa shape index (κ1) is 25.1. The van der Waals surface area contributed by atoms with Gasteiger partial charge in [0, 0.05) is 21.9 Å². The first-order valence-electron chi connectivity index (χ1n) is 15.4. The van der Waals surface area contributed by atoms with Crippen LogP contribution in [0.4, 0.5) is 0 Å². The zero-order valence-electron chi connectivity index (χ0n) is 24.9. The Hall–Kier alpha value is -5.40. The molecule has 0 unspecified atom stereocenters. The Balaban J connectivity index is 1.36. The van der Waals surface area contributed by atoms with Crippen LogP contribution in [0.1, 0.15) is 25.0 Å². The SMILES string of the molecule is CC1(C)c2ccccc2-c2cc3ccc4c(c3cc21)c1ccccc1n4-c1cc(-c2ccccc2)cc(-c2ccccc2)c1. The second-order valence-corrected chi connectivity index (χ2v) is 12.6. The van der Waals surface area contributed by atoms with Gasteiger partial charge in [0.25, 0.3) is 0 Å². The number of fused-ring (bicyclic) bond motifs is 8. The standard InChI is InChI=1S/C43H31N/c1-43(2)38-19-11-9-17-34(38)37-26-30-21-22-41-42(36(30)27-39(37)43)35-18-10-12-20-40(35)44(41)33-24-31(28-13-5-3-6-14-28)23-32(25-33)29-15-7-4-8-16-29/h3-27H,1-2H3. The van der Waals surface area contributed by atoms with Crippen LogP contribution in [0.5, 0.6) is 0 Å². The smallest absolute Gasteiger partial charge is 0.0547 e. The number of nitrogens with zero attached hydrogens (tertiary/aromatic N) is 1. The third kappa shape index (κ3) is 3.59. The molecule has 1 aromatic heterocycles.